The van der Waals surface area contributed by atoms with Crippen LogP contribution in [0, 0.1) is 11.7 Å². The van der Waals surface area contributed by atoms with E-state index in [1.807, 2.05) is 0 Å². The van der Waals surface area contributed by atoms with Crippen LogP contribution in [0.5, 0.6) is 0 Å². The van der Waals surface area contributed by atoms with Gasteiger partial charge in [-0.3, -0.25) is 0 Å². The van der Waals surface area contributed by atoms with Gasteiger partial charge in [0.15, 0.2) is 0 Å². The van der Waals surface area contributed by atoms with Crippen molar-refractivity contribution in [2.24, 2.45) is 11.7 Å². The molecule has 112 valence electrons. The molecular formula is C13H18ClFN2O2S. The number of hydrogen-bond donors (Lipinski definition) is 2. The molecule has 1 aliphatic rings. The Morgan fingerprint density at radius 2 is 2.20 bits per heavy atom. The molecule has 0 bridgehead atoms. The van der Waals surface area contributed by atoms with Crippen LogP contribution in [0.15, 0.2) is 17.0 Å². The lowest BCUT2D eigenvalue weighted by Crippen LogP contribution is -2.27. The summed E-state index contributed by atoms with van der Waals surface area (Å²) >= 11 is 5.73. The van der Waals surface area contributed by atoms with Crippen LogP contribution in [0.4, 0.5) is 4.39 Å². The number of rotatable bonds is 6. The normalized spacial score (nSPS) is 22.0. The van der Waals surface area contributed by atoms with E-state index in [-0.39, 0.29) is 28.1 Å². The van der Waals surface area contributed by atoms with E-state index in [2.05, 4.69) is 11.6 Å². The Hall–Kier alpha value is -0.690. The summed E-state index contributed by atoms with van der Waals surface area (Å²) < 4.78 is 40.6. The van der Waals surface area contributed by atoms with Crippen LogP contribution >= 0.6 is 11.6 Å². The number of nitrogens with two attached hydrogens (primary N) is 1. The van der Waals surface area contributed by atoms with E-state index in [1.54, 1.807) is 0 Å². The third kappa shape index (κ3) is 3.31. The molecular weight excluding hydrogens is 303 g/mol. The van der Waals surface area contributed by atoms with Gasteiger partial charge in [0, 0.05) is 12.6 Å². The molecule has 3 N–H and O–H groups in total. The summed E-state index contributed by atoms with van der Waals surface area (Å²) in [6.45, 7) is 2.05. The first-order valence-electron chi connectivity index (χ1n) is 6.59. The lowest BCUT2D eigenvalue weighted by Gasteiger charge is -2.09. The van der Waals surface area contributed by atoms with Gasteiger partial charge in [-0.1, -0.05) is 24.9 Å². The molecule has 4 nitrogen and oxygen atoms in total. The predicted octanol–water partition coefficient (Wildman–Crippen LogP) is 2.40. The van der Waals surface area contributed by atoms with Gasteiger partial charge in [0.05, 0.1) is 9.92 Å². The Labute approximate surface area is 123 Å². The van der Waals surface area contributed by atoms with Gasteiger partial charge < -0.3 is 5.73 Å². The highest BCUT2D eigenvalue weighted by molar-refractivity contribution is 7.89. The van der Waals surface area contributed by atoms with Crippen LogP contribution in [0.25, 0.3) is 0 Å². The van der Waals surface area contributed by atoms with Crippen molar-refractivity contribution in [2.75, 3.05) is 0 Å². The molecule has 0 saturated heterocycles. The minimum absolute atomic E-state index is 0.0129. The molecule has 0 aliphatic heterocycles. The van der Waals surface area contributed by atoms with Crippen LogP contribution in [0.3, 0.4) is 0 Å². The number of sulfonamides is 1. The van der Waals surface area contributed by atoms with Crippen LogP contribution in [-0.4, -0.2) is 14.5 Å². The second-order valence-corrected chi connectivity index (χ2v) is 7.19. The van der Waals surface area contributed by atoms with E-state index >= 15 is 0 Å². The topological polar surface area (TPSA) is 72.2 Å². The van der Waals surface area contributed by atoms with Gasteiger partial charge in [0.2, 0.25) is 10.0 Å². The number of halogens is 2. The molecule has 1 aliphatic carbocycles. The lowest BCUT2D eigenvalue weighted by molar-refractivity contribution is 0.569. The fourth-order valence-corrected chi connectivity index (χ4v) is 3.84. The van der Waals surface area contributed by atoms with Gasteiger partial charge >= 0.3 is 0 Å². The Morgan fingerprint density at radius 3 is 2.80 bits per heavy atom. The minimum Gasteiger partial charge on any atom is -0.326 e. The maximum Gasteiger partial charge on any atom is 0.240 e. The summed E-state index contributed by atoms with van der Waals surface area (Å²) in [5.74, 6) is -0.378. The van der Waals surface area contributed by atoms with Gasteiger partial charge in [-0.15, -0.1) is 0 Å². The third-order valence-electron chi connectivity index (χ3n) is 3.50. The second kappa shape index (κ2) is 5.97. The largest absolute Gasteiger partial charge is 0.326 e. The van der Waals surface area contributed by atoms with Crippen LogP contribution < -0.4 is 10.5 Å². The summed E-state index contributed by atoms with van der Waals surface area (Å²) in [5, 5.41) is -0.123. The highest BCUT2D eigenvalue weighted by Crippen LogP contribution is 2.36. The van der Waals surface area contributed by atoms with Crippen molar-refractivity contribution >= 4 is 21.6 Å². The molecule has 2 rings (SSSR count). The number of benzene rings is 1. The number of nitrogens with one attached hydrogen (secondary N) is 1. The van der Waals surface area contributed by atoms with Crippen molar-refractivity contribution in [3.8, 4) is 0 Å². The molecule has 2 unspecified atom stereocenters. The van der Waals surface area contributed by atoms with Crippen LogP contribution in [0.2, 0.25) is 5.02 Å². The molecule has 0 radical (unpaired) electrons. The van der Waals surface area contributed by atoms with Crippen molar-refractivity contribution in [1.82, 2.24) is 4.72 Å². The fraction of sp³-hybridized carbons (Fsp3) is 0.538. The highest BCUT2D eigenvalue weighted by atomic mass is 35.5. The predicted molar refractivity (Wildman–Crippen MR) is 76.4 cm³/mol. The SMILES string of the molecule is CCCC1CC1NS(=O)(=O)c1cc(F)c(Cl)c(CN)c1. The van der Waals surface area contributed by atoms with E-state index in [9.17, 15) is 12.8 Å². The van der Waals surface area contributed by atoms with E-state index in [4.69, 9.17) is 17.3 Å². The monoisotopic (exact) mass is 320 g/mol. The molecule has 0 aromatic heterocycles. The molecule has 0 heterocycles. The van der Waals surface area contributed by atoms with Crippen LogP contribution in [0.1, 0.15) is 31.7 Å². The third-order valence-corrected chi connectivity index (χ3v) is 5.39. The average molecular weight is 321 g/mol. The van der Waals surface area contributed by atoms with Gasteiger partial charge in [0.25, 0.3) is 0 Å². The average Bonchev–Trinajstić information content (AvgIpc) is 3.10. The van der Waals surface area contributed by atoms with Crippen molar-refractivity contribution in [2.45, 2.75) is 43.7 Å². The first kappa shape index (κ1) is 15.7. The molecule has 2 atom stereocenters. The van der Waals surface area contributed by atoms with Crippen molar-refractivity contribution < 1.29 is 12.8 Å². The highest BCUT2D eigenvalue weighted by Gasteiger charge is 2.39. The van der Waals surface area contributed by atoms with Crippen molar-refractivity contribution in [1.29, 1.82) is 0 Å². The second-order valence-electron chi connectivity index (χ2n) is 5.09. The summed E-state index contributed by atoms with van der Waals surface area (Å²) in [5.41, 5.74) is 5.73. The van der Waals surface area contributed by atoms with Crippen molar-refractivity contribution in [3.63, 3.8) is 0 Å². The Morgan fingerprint density at radius 1 is 1.50 bits per heavy atom. The van der Waals surface area contributed by atoms with Gasteiger partial charge in [-0.25, -0.2) is 17.5 Å². The summed E-state index contributed by atoms with van der Waals surface area (Å²) in [6.07, 6.45) is 2.86. The number of hydrogen-bond acceptors (Lipinski definition) is 3. The van der Waals surface area contributed by atoms with Gasteiger partial charge in [0.1, 0.15) is 5.82 Å². The molecule has 0 spiro atoms. The molecule has 20 heavy (non-hydrogen) atoms. The fourth-order valence-electron chi connectivity index (χ4n) is 2.27. The quantitative estimate of drug-likeness (QED) is 0.845. The summed E-state index contributed by atoms with van der Waals surface area (Å²) in [7, 11) is -3.72. The van der Waals surface area contributed by atoms with E-state index in [0.29, 0.717) is 5.92 Å². The van der Waals surface area contributed by atoms with E-state index in [0.717, 1.165) is 25.3 Å². The summed E-state index contributed by atoms with van der Waals surface area (Å²) in [6, 6.07) is 2.21. The van der Waals surface area contributed by atoms with E-state index in [1.165, 1.54) is 6.07 Å². The van der Waals surface area contributed by atoms with Gasteiger partial charge in [-0.05, 0) is 36.5 Å². The zero-order valence-electron chi connectivity index (χ0n) is 11.2. The maximum absolute atomic E-state index is 13.6. The Balaban J connectivity index is 2.20. The van der Waals surface area contributed by atoms with Gasteiger partial charge in [-0.2, -0.15) is 0 Å². The first-order chi connectivity index (χ1) is 9.39. The molecule has 1 saturated carbocycles. The molecule has 7 heteroatoms. The zero-order chi connectivity index (χ0) is 14.9. The lowest BCUT2D eigenvalue weighted by atomic mass is 10.2. The zero-order valence-corrected chi connectivity index (χ0v) is 12.8. The maximum atomic E-state index is 13.6. The smallest absolute Gasteiger partial charge is 0.240 e. The molecule has 1 fully saturated rings. The van der Waals surface area contributed by atoms with Crippen molar-refractivity contribution in [3.05, 3.63) is 28.5 Å². The van der Waals surface area contributed by atoms with E-state index < -0.39 is 15.8 Å². The van der Waals surface area contributed by atoms with Crippen LogP contribution in [-0.2, 0) is 16.6 Å². The molecule has 0 amide bonds. The molecule has 1 aromatic carbocycles. The Kier molecular flexibility index (Phi) is 4.69. The first-order valence-corrected chi connectivity index (χ1v) is 8.45. The Bertz CT molecular complexity index is 607. The minimum atomic E-state index is -3.72. The summed E-state index contributed by atoms with van der Waals surface area (Å²) in [4.78, 5) is -0.123. The molecule has 1 aromatic rings. The standard InChI is InChI=1S/C13H18ClFN2O2S/c1-2-3-8-5-12(8)17-20(18,19)10-4-9(7-16)13(14)11(15)6-10/h4,6,8,12,17H,2-3,5,7,16H2,1H3.